The van der Waals surface area contributed by atoms with Crippen LogP contribution in [0.5, 0.6) is 0 Å². The van der Waals surface area contributed by atoms with Gasteiger partial charge in [-0.2, -0.15) is 0 Å². The van der Waals surface area contributed by atoms with Gasteiger partial charge in [0, 0.05) is 12.6 Å². The number of hydrogen-bond acceptors (Lipinski definition) is 1. The third-order valence-corrected chi connectivity index (χ3v) is 3.33. The molecule has 1 aromatic rings. The van der Waals surface area contributed by atoms with E-state index in [0.717, 1.165) is 12.8 Å². The van der Waals surface area contributed by atoms with E-state index in [2.05, 4.69) is 0 Å². The van der Waals surface area contributed by atoms with Gasteiger partial charge in [0.1, 0.15) is 5.82 Å². The van der Waals surface area contributed by atoms with Crippen molar-refractivity contribution in [1.82, 2.24) is 4.90 Å². The Hall–Kier alpha value is -1.58. The van der Waals surface area contributed by atoms with E-state index in [1.54, 1.807) is 12.1 Å². The third kappa shape index (κ3) is 2.75. The van der Waals surface area contributed by atoms with E-state index in [4.69, 9.17) is 5.11 Å². The summed E-state index contributed by atoms with van der Waals surface area (Å²) in [6, 6.07) is 6.72. The van der Waals surface area contributed by atoms with E-state index in [0.29, 0.717) is 24.9 Å². The fourth-order valence-electron chi connectivity index (χ4n) is 2.41. The molecule has 1 atom stereocenters. The summed E-state index contributed by atoms with van der Waals surface area (Å²) in [5, 5.41) is 8.99. The van der Waals surface area contributed by atoms with Crippen LogP contribution in [0, 0.1) is 5.82 Å². The van der Waals surface area contributed by atoms with Crippen LogP contribution in [0.2, 0.25) is 0 Å². The summed E-state index contributed by atoms with van der Waals surface area (Å²) >= 11 is 0. The standard InChI is InChI=1S/C13H16FNO2/c14-12-6-2-1-4-10(12)7-8-11-5-3-9-15(11)13(16)17/h1-2,4,6,11H,3,5,7-9H2,(H,16,17)/t11-/m0/s1. The van der Waals surface area contributed by atoms with Crippen LogP contribution in [-0.4, -0.2) is 28.7 Å². The van der Waals surface area contributed by atoms with Crippen molar-refractivity contribution in [3.8, 4) is 0 Å². The average Bonchev–Trinajstić information content (AvgIpc) is 2.76. The molecule has 1 aliphatic rings. The molecule has 1 saturated heterocycles. The molecule has 1 amide bonds. The normalized spacial score (nSPS) is 19.6. The monoisotopic (exact) mass is 237 g/mol. The quantitative estimate of drug-likeness (QED) is 0.878. The van der Waals surface area contributed by atoms with Gasteiger partial charge in [-0.1, -0.05) is 18.2 Å². The van der Waals surface area contributed by atoms with E-state index >= 15 is 0 Å². The van der Waals surface area contributed by atoms with Crippen molar-refractivity contribution in [3.63, 3.8) is 0 Å². The Labute approximate surface area is 99.9 Å². The second-order valence-corrected chi connectivity index (χ2v) is 4.40. The smallest absolute Gasteiger partial charge is 0.407 e. The maximum absolute atomic E-state index is 13.4. The highest BCUT2D eigenvalue weighted by Gasteiger charge is 2.27. The molecule has 4 heteroatoms. The first kappa shape index (κ1) is 11.9. The predicted molar refractivity (Wildman–Crippen MR) is 62.5 cm³/mol. The first-order valence-electron chi connectivity index (χ1n) is 5.91. The van der Waals surface area contributed by atoms with Gasteiger partial charge in [-0.25, -0.2) is 9.18 Å². The van der Waals surface area contributed by atoms with Gasteiger partial charge in [-0.3, -0.25) is 0 Å². The number of likely N-dealkylation sites (tertiary alicyclic amines) is 1. The Morgan fingerprint density at radius 2 is 2.24 bits per heavy atom. The molecule has 17 heavy (non-hydrogen) atoms. The van der Waals surface area contributed by atoms with Gasteiger partial charge in [-0.05, 0) is 37.3 Å². The summed E-state index contributed by atoms with van der Waals surface area (Å²) < 4.78 is 13.4. The van der Waals surface area contributed by atoms with Crippen LogP contribution in [0.3, 0.4) is 0 Å². The maximum atomic E-state index is 13.4. The Morgan fingerprint density at radius 1 is 1.47 bits per heavy atom. The minimum absolute atomic E-state index is 0.0482. The van der Waals surface area contributed by atoms with E-state index in [-0.39, 0.29) is 11.9 Å². The van der Waals surface area contributed by atoms with Crippen molar-refractivity contribution in [3.05, 3.63) is 35.6 Å². The molecule has 1 aromatic carbocycles. The topological polar surface area (TPSA) is 40.5 Å². The van der Waals surface area contributed by atoms with E-state index in [1.165, 1.54) is 11.0 Å². The van der Waals surface area contributed by atoms with Crippen LogP contribution in [0.15, 0.2) is 24.3 Å². The molecule has 1 N–H and O–H groups in total. The largest absolute Gasteiger partial charge is 0.465 e. The highest BCUT2D eigenvalue weighted by molar-refractivity contribution is 5.65. The summed E-state index contributed by atoms with van der Waals surface area (Å²) in [4.78, 5) is 12.4. The van der Waals surface area contributed by atoms with Crippen LogP contribution >= 0.6 is 0 Å². The van der Waals surface area contributed by atoms with Crippen LogP contribution < -0.4 is 0 Å². The molecule has 1 heterocycles. The first-order chi connectivity index (χ1) is 8.18. The zero-order valence-corrected chi connectivity index (χ0v) is 9.60. The Bertz CT molecular complexity index is 408. The SMILES string of the molecule is O=C(O)N1CCC[C@H]1CCc1ccccc1F. The Morgan fingerprint density at radius 3 is 2.94 bits per heavy atom. The highest BCUT2D eigenvalue weighted by atomic mass is 19.1. The van der Waals surface area contributed by atoms with Crippen LogP contribution in [0.1, 0.15) is 24.8 Å². The summed E-state index contributed by atoms with van der Waals surface area (Å²) in [5.74, 6) is -0.202. The summed E-state index contributed by atoms with van der Waals surface area (Å²) in [6.45, 7) is 0.608. The molecule has 0 unspecified atom stereocenters. The number of halogens is 1. The fourth-order valence-corrected chi connectivity index (χ4v) is 2.41. The minimum Gasteiger partial charge on any atom is -0.465 e. The second kappa shape index (κ2) is 5.17. The summed E-state index contributed by atoms with van der Waals surface area (Å²) in [7, 11) is 0. The van der Waals surface area contributed by atoms with Gasteiger partial charge >= 0.3 is 6.09 Å². The zero-order valence-electron chi connectivity index (χ0n) is 9.60. The van der Waals surface area contributed by atoms with E-state index < -0.39 is 6.09 Å². The van der Waals surface area contributed by atoms with Crippen molar-refractivity contribution in [1.29, 1.82) is 0 Å². The molecule has 0 aliphatic carbocycles. The van der Waals surface area contributed by atoms with Gasteiger partial charge in [0.05, 0.1) is 0 Å². The van der Waals surface area contributed by atoms with Crippen LogP contribution in [0.25, 0.3) is 0 Å². The van der Waals surface area contributed by atoms with E-state index in [9.17, 15) is 9.18 Å². The minimum atomic E-state index is -0.860. The molecule has 3 nitrogen and oxygen atoms in total. The molecule has 0 saturated carbocycles. The molecule has 0 aromatic heterocycles. The number of carbonyl (C=O) groups is 1. The lowest BCUT2D eigenvalue weighted by Crippen LogP contribution is -2.34. The maximum Gasteiger partial charge on any atom is 0.407 e. The van der Waals surface area contributed by atoms with Gasteiger partial charge < -0.3 is 10.0 Å². The van der Waals surface area contributed by atoms with Crippen LogP contribution in [-0.2, 0) is 6.42 Å². The van der Waals surface area contributed by atoms with Crippen LogP contribution in [0.4, 0.5) is 9.18 Å². The molecular weight excluding hydrogens is 221 g/mol. The lowest BCUT2D eigenvalue weighted by molar-refractivity contribution is 0.138. The highest BCUT2D eigenvalue weighted by Crippen LogP contribution is 2.22. The fraction of sp³-hybridized carbons (Fsp3) is 0.462. The van der Waals surface area contributed by atoms with Gasteiger partial charge in [-0.15, -0.1) is 0 Å². The lowest BCUT2D eigenvalue weighted by atomic mass is 10.0. The molecule has 2 rings (SSSR count). The van der Waals surface area contributed by atoms with Crippen molar-refractivity contribution in [2.45, 2.75) is 31.7 Å². The summed E-state index contributed by atoms with van der Waals surface area (Å²) in [5.41, 5.74) is 0.671. The first-order valence-corrected chi connectivity index (χ1v) is 5.91. The average molecular weight is 237 g/mol. The van der Waals surface area contributed by atoms with Crippen molar-refractivity contribution in [2.24, 2.45) is 0 Å². The van der Waals surface area contributed by atoms with Crippen molar-refractivity contribution in [2.75, 3.05) is 6.54 Å². The number of carboxylic acid groups (broad SMARTS) is 1. The number of aryl methyl sites for hydroxylation is 1. The Balaban J connectivity index is 1.94. The number of benzene rings is 1. The third-order valence-electron chi connectivity index (χ3n) is 3.33. The van der Waals surface area contributed by atoms with Crippen molar-refractivity contribution < 1.29 is 14.3 Å². The number of rotatable bonds is 3. The van der Waals surface area contributed by atoms with Crippen molar-refractivity contribution >= 4 is 6.09 Å². The Kier molecular flexibility index (Phi) is 3.61. The number of nitrogens with zero attached hydrogens (tertiary/aromatic N) is 1. The molecule has 92 valence electrons. The molecular formula is C13H16FNO2. The molecule has 0 radical (unpaired) electrons. The number of hydrogen-bond donors (Lipinski definition) is 1. The molecule has 1 fully saturated rings. The molecule has 0 spiro atoms. The molecule has 0 bridgehead atoms. The predicted octanol–water partition coefficient (Wildman–Crippen LogP) is 2.90. The molecule has 1 aliphatic heterocycles. The zero-order chi connectivity index (χ0) is 12.3. The van der Waals surface area contributed by atoms with Gasteiger partial charge in [0.15, 0.2) is 0 Å². The lowest BCUT2D eigenvalue weighted by Gasteiger charge is -2.21. The van der Waals surface area contributed by atoms with Gasteiger partial charge in [0.25, 0.3) is 0 Å². The summed E-state index contributed by atoms with van der Waals surface area (Å²) in [6.07, 6.45) is 2.24. The van der Waals surface area contributed by atoms with Gasteiger partial charge in [0.2, 0.25) is 0 Å². The number of amides is 1. The second-order valence-electron chi connectivity index (χ2n) is 4.40. The van der Waals surface area contributed by atoms with E-state index in [1.807, 2.05) is 6.07 Å².